The Morgan fingerprint density at radius 3 is 2.50 bits per heavy atom. The van der Waals surface area contributed by atoms with Crippen LogP contribution in [0, 0.1) is 11.7 Å². The van der Waals surface area contributed by atoms with Gasteiger partial charge in [0.25, 0.3) is 0 Å². The number of methoxy groups -OCH3 is 1. The predicted octanol–water partition coefficient (Wildman–Crippen LogP) is 4.72. The number of ether oxygens (including phenoxy) is 1. The van der Waals surface area contributed by atoms with Crippen LogP contribution in [0.5, 0.6) is 5.75 Å². The lowest BCUT2D eigenvalue weighted by atomic mass is 10.1. The highest BCUT2D eigenvalue weighted by molar-refractivity contribution is 5.79. The Bertz CT molecular complexity index is 1040. The van der Waals surface area contributed by atoms with Crippen molar-refractivity contribution in [3.63, 3.8) is 0 Å². The molecule has 2 aromatic carbocycles. The lowest BCUT2D eigenvalue weighted by molar-refractivity contribution is -0.120. The molecular weight excluding hydrogens is 383 g/mol. The van der Waals surface area contributed by atoms with Gasteiger partial charge in [-0.15, -0.1) is 0 Å². The zero-order valence-electron chi connectivity index (χ0n) is 17.4. The Labute approximate surface area is 175 Å². The number of ketones is 1. The summed E-state index contributed by atoms with van der Waals surface area (Å²) in [5.74, 6) is 0.597. The number of nitrogens with zero attached hydrogens (tertiary/aromatic N) is 2. The van der Waals surface area contributed by atoms with E-state index in [0.29, 0.717) is 29.9 Å². The molecule has 0 aliphatic carbocycles. The topological polar surface area (TPSA) is 61.2 Å². The van der Waals surface area contributed by atoms with Gasteiger partial charge in [0.2, 0.25) is 0 Å². The Morgan fingerprint density at radius 2 is 1.87 bits per heavy atom. The molecule has 0 unspecified atom stereocenters. The number of hydrogen-bond acceptors (Lipinski definition) is 4. The molecule has 0 fully saturated rings. The second-order valence-corrected chi connectivity index (χ2v) is 7.63. The van der Waals surface area contributed by atoms with Crippen LogP contribution in [-0.4, -0.2) is 28.7 Å². The van der Waals surface area contributed by atoms with E-state index in [1.807, 2.05) is 44.3 Å². The first-order chi connectivity index (χ1) is 14.4. The quantitative estimate of drug-likeness (QED) is 0.481. The molecule has 0 amide bonds. The highest BCUT2D eigenvalue weighted by Gasteiger charge is 2.16. The van der Waals surface area contributed by atoms with Crippen LogP contribution in [0.2, 0.25) is 0 Å². The van der Waals surface area contributed by atoms with Gasteiger partial charge >= 0.3 is 0 Å². The van der Waals surface area contributed by atoms with Crippen molar-refractivity contribution in [2.45, 2.75) is 33.2 Å². The van der Waals surface area contributed by atoms with Gasteiger partial charge in [0.15, 0.2) is 17.3 Å². The van der Waals surface area contributed by atoms with Crippen LogP contribution in [0.3, 0.4) is 0 Å². The molecule has 3 aromatic rings. The largest absolute Gasteiger partial charge is 0.494 e. The van der Waals surface area contributed by atoms with Gasteiger partial charge in [-0.05, 0) is 29.7 Å². The minimum Gasteiger partial charge on any atom is -0.494 e. The third-order valence-electron chi connectivity index (χ3n) is 4.74. The van der Waals surface area contributed by atoms with Crippen molar-refractivity contribution in [2.24, 2.45) is 5.92 Å². The number of carbonyl (C=O) groups is 2. The fourth-order valence-corrected chi connectivity index (χ4v) is 3.32. The normalized spacial score (nSPS) is 11.0. The Balaban J connectivity index is 2.02. The summed E-state index contributed by atoms with van der Waals surface area (Å²) in [5.41, 5.74) is 3.15. The summed E-state index contributed by atoms with van der Waals surface area (Å²) in [5, 5.41) is 0. The van der Waals surface area contributed by atoms with E-state index in [9.17, 15) is 14.0 Å². The Morgan fingerprint density at radius 1 is 1.17 bits per heavy atom. The minimum atomic E-state index is -0.457. The maximum atomic E-state index is 13.9. The number of rotatable bonds is 9. The molecule has 0 saturated carbocycles. The van der Waals surface area contributed by atoms with Crippen LogP contribution in [-0.2, 0) is 22.6 Å². The summed E-state index contributed by atoms with van der Waals surface area (Å²) < 4.78 is 20.8. The third kappa shape index (κ3) is 5.00. The van der Waals surface area contributed by atoms with Crippen molar-refractivity contribution < 1.29 is 18.7 Å². The van der Waals surface area contributed by atoms with Crippen LogP contribution in [0.1, 0.15) is 25.8 Å². The first-order valence-electron chi connectivity index (χ1n) is 9.87. The number of hydrogen-bond donors (Lipinski definition) is 0. The summed E-state index contributed by atoms with van der Waals surface area (Å²) >= 11 is 0. The predicted molar refractivity (Wildman–Crippen MR) is 114 cm³/mol. The second-order valence-electron chi connectivity index (χ2n) is 7.63. The number of benzene rings is 2. The highest BCUT2D eigenvalue weighted by atomic mass is 19.1. The zero-order valence-corrected chi connectivity index (χ0v) is 17.4. The first kappa shape index (κ1) is 21.4. The van der Waals surface area contributed by atoms with E-state index in [-0.39, 0.29) is 24.0 Å². The third-order valence-corrected chi connectivity index (χ3v) is 4.74. The molecule has 0 N–H and O–H groups in total. The van der Waals surface area contributed by atoms with Crippen molar-refractivity contribution in [1.82, 2.24) is 9.55 Å². The van der Waals surface area contributed by atoms with Crippen LogP contribution >= 0.6 is 0 Å². The molecule has 0 saturated heterocycles. The van der Waals surface area contributed by atoms with Crippen molar-refractivity contribution in [3.8, 4) is 28.4 Å². The average molecular weight is 408 g/mol. The van der Waals surface area contributed by atoms with Crippen LogP contribution < -0.4 is 4.74 Å². The molecule has 0 atom stereocenters. The standard InChI is InChI=1S/C24H25FN2O3/c1-16(2)12-20(29)14-27-15-22(18-6-4-17(5-7-18)10-11-28)26-24(27)19-8-9-21(25)23(13-19)30-3/h4-9,11,13,15-16H,10,12,14H2,1-3H3. The summed E-state index contributed by atoms with van der Waals surface area (Å²) in [6.45, 7) is 4.19. The van der Waals surface area contributed by atoms with Crippen molar-refractivity contribution in [3.05, 3.63) is 60.0 Å². The molecular formula is C24H25FN2O3. The fraction of sp³-hybridized carbons (Fsp3) is 0.292. The molecule has 156 valence electrons. The number of halogens is 1. The van der Waals surface area contributed by atoms with Crippen molar-refractivity contribution in [2.75, 3.05) is 7.11 Å². The molecule has 0 bridgehead atoms. The molecule has 30 heavy (non-hydrogen) atoms. The molecule has 6 heteroatoms. The summed E-state index contributed by atoms with van der Waals surface area (Å²) in [6.07, 6.45) is 3.53. The summed E-state index contributed by atoms with van der Waals surface area (Å²) in [7, 11) is 1.41. The molecule has 3 rings (SSSR count). The van der Waals surface area contributed by atoms with Gasteiger partial charge in [-0.3, -0.25) is 4.79 Å². The van der Waals surface area contributed by atoms with Gasteiger partial charge in [-0.25, -0.2) is 9.37 Å². The number of aldehydes is 1. The van der Waals surface area contributed by atoms with Gasteiger partial charge in [0.1, 0.15) is 12.1 Å². The maximum Gasteiger partial charge on any atom is 0.165 e. The summed E-state index contributed by atoms with van der Waals surface area (Å²) in [6, 6.07) is 12.1. The second kappa shape index (κ2) is 9.48. The monoisotopic (exact) mass is 408 g/mol. The molecule has 0 radical (unpaired) electrons. The van der Waals surface area contributed by atoms with E-state index in [4.69, 9.17) is 9.72 Å². The van der Waals surface area contributed by atoms with Crippen LogP contribution in [0.25, 0.3) is 22.6 Å². The summed E-state index contributed by atoms with van der Waals surface area (Å²) in [4.78, 5) is 27.9. The van der Waals surface area contributed by atoms with Crippen molar-refractivity contribution in [1.29, 1.82) is 0 Å². The highest BCUT2D eigenvalue weighted by Crippen LogP contribution is 2.29. The molecule has 1 heterocycles. The van der Waals surface area contributed by atoms with E-state index in [1.54, 1.807) is 16.7 Å². The van der Waals surface area contributed by atoms with E-state index in [1.165, 1.54) is 13.2 Å². The van der Waals surface area contributed by atoms with Gasteiger partial charge < -0.3 is 14.1 Å². The number of carbonyl (C=O) groups excluding carboxylic acids is 2. The van der Waals surface area contributed by atoms with Gasteiger partial charge in [0, 0.05) is 30.2 Å². The SMILES string of the molecule is COc1cc(-c2nc(-c3ccc(CC=O)cc3)cn2CC(=O)CC(C)C)ccc1F. The van der Waals surface area contributed by atoms with Crippen LogP contribution in [0.4, 0.5) is 4.39 Å². The molecule has 1 aromatic heterocycles. The number of aromatic nitrogens is 2. The lowest BCUT2D eigenvalue weighted by Crippen LogP contribution is -2.12. The average Bonchev–Trinajstić information content (AvgIpc) is 3.12. The minimum absolute atomic E-state index is 0.102. The molecule has 0 spiro atoms. The van der Waals surface area contributed by atoms with E-state index >= 15 is 0 Å². The molecule has 0 aliphatic rings. The van der Waals surface area contributed by atoms with Gasteiger partial charge in [-0.2, -0.15) is 0 Å². The van der Waals surface area contributed by atoms with E-state index < -0.39 is 5.82 Å². The number of imidazole rings is 1. The molecule has 5 nitrogen and oxygen atoms in total. The lowest BCUT2D eigenvalue weighted by Gasteiger charge is -2.10. The van der Waals surface area contributed by atoms with Gasteiger partial charge in [0.05, 0.1) is 19.3 Å². The fourth-order valence-electron chi connectivity index (χ4n) is 3.32. The first-order valence-corrected chi connectivity index (χ1v) is 9.87. The zero-order chi connectivity index (χ0) is 21.7. The molecule has 0 aliphatic heterocycles. The van der Waals surface area contributed by atoms with Gasteiger partial charge in [-0.1, -0.05) is 38.1 Å². The van der Waals surface area contributed by atoms with E-state index in [2.05, 4.69) is 0 Å². The van der Waals surface area contributed by atoms with Crippen molar-refractivity contribution >= 4 is 12.1 Å². The Hall–Kier alpha value is -3.28. The van der Waals surface area contributed by atoms with Crippen LogP contribution in [0.15, 0.2) is 48.7 Å². The Kier molecular flexibility index (Phi) is 6.77. The smallest absolute Gasteiger partial charge is 0.165 e. The van der Waals surface area contributed by atoms with E-state index in [0.717, 1.165) is 17.4 Å². The maximum absolute atomic E-state index is 13.9. The number of Topliss-reactive ketones (excluding diaryl/α,β-unsaturated/α-hetero) is 1.